The van der Waals surface area contributed by atoms with Gasteiger partial charge in [0.05, 0.1) is 11.9 Å². The molecule has 0 amide bonds. The molecule has 2 bridgehead atoms. The SMILES string of the molecule is O=C(CCC1CC2CCCC(C2)C1)OCc1ccc(N([O-])SC(F)(F)F)cc1. The molecule has 0 aliphatic heterocycles. The molecular formula is C20H25F3NO3S-. The zero-order valence-corrected chi connectivity index (χ0v) is 16.4. The molecule has 0 spiro atoms. The number of carbonyl (C=O) groups is 1. The van der Waals surface area contributed by atoms with E-state index in [1.165, 1.54) is 62.8 Å². The minimum Gasteiger partial charge on any atom is -0.748 e. The number of benzene rings is 1. The Kier molecular flexibility index (Phi) is 7.15. The van der Waals surface area contributed by atoms with Crippen LogP contribution in [0.3, 0.4) is 0 Å². The molecule has 28 heavy (non-hydrogen) atoms. The number of hydrogen-bond donors (Lipinski definition) is 0. The summed E-state index contributed by atoms with van der Waals surface area (Å²) in [5.74, 6) is 2.04. The smallest absolute Gasteiger partial charge is 0.460 e. The fourth-order valence-electron chi connectivity index (χ4n) is 4.52. The summed E-state index contributed by atoms with van der Waals surface area (Å²) in [6, 6.07) is 5.56. The number of anilines is 1. The Morgan fingerprint density at radius 1 is 1.14 bits per heavy atom. The van der Waals surface area contributed by atoms with Crippen molar-refractivity contribution in [1.29, 1.82) is 0 Å². The summed E-state index contributed by atoms with van der Waals surface area (Å²) in [5, 5.41) is 11.4. The van der Waals surface area contributed by atoms with Crippen LogP contribution in [-0.4, -0.2) is 11.5 Å². The van der Waals surface area contributed by atoms with Crippen molar-refractivity contribution in [2.24, 2.45) is 17.8 Å². The van der Waals surface area contributed by atoms with Crippen molar-refractivity contribution in [3.8, 4) is 0 Å². The van der Waals surface area contributed by atoms with Gasteiger partial charge in [-0.05, 0) is 61.1 Å². The lowest BCUT2D eigenvalue weighted by Crippen LogP contribution is -2.27. The zero-order chi connectivity index (χ0) is 20.1. The molecule has 0 heterocycles. The molecule has 2 aliphatic rings. The Hall–Kier alpha value is -1.41. The average molecular weight is 416 g/mol. The predicted octanol–water partition coefficient (Wildman–Crippen LogP) is 6.20. The fourth-order valence-corrected chi connectivity index (χ4v) is 4.94. The first-order valence-corrected chi connectivity index (χ1v) is 10.5. The molecule has 2 saturated carbocycles. The van der Waals surface area contributed by atoms with Crippen molar-refractivity contribution in [2.45, 2.75) is 63.5 Å². The van der Waals surface area contributed by atoms with E-state index < -0.39 is 17.5 Å². The predicted molar refractivity (Wildman–Crippen MR) is 103 cm³/mol. The van der Waals surface area contributed by atoms with Crippen LogP contribution in [0.25, 0.3) is 0 Å². The first kappa shape index (κ1) is 21.3. The highest BCUT2D eigenvalue weighted by Crippen LogP contribution is 2.43. The number of carbonyl (C=O) groups excluding carboxylic acids is 1. The van der Waals surface area contributed by atoms with Crippen LogP contribution < -0.4 is 4.47 Å². The van der Waals surface area contributed by atoms with Crippen molar-refractivity contribution >= 4 is 23.6 Å². The summed E-state index contributed by atoms with van der Waals surface area (Å²) in [6.45, 7) is 0.0559. The van der Waals surface area contributed by atoms with Gasteiger partial charge in [0.25, 0.3) is 0 Å². The highest BCUT2D eigenvalue weighted by Gasteiger charge is 2.32. The first-order valence-electron chi connectivity index (χ1n) is 9.76. The summed E-state index contributed by atoms with van der Waals surface area (Å²) in [4.78, 5) is 12.0. The third-order valence-corrected chi connectivity index (χ3v) is 6.30. The first-order chi connectivity index (χ1) is 13.3. The van der Waals surface area contributed by atoms with Crippen LogP contribution in [-0.2, 0) is 16.1 Å². The number of halogens is 3. The summed E-state index contributed by atoms with van der Waals surface area (Å²) in [6.07, 6.45) is 9.09. The van der Waals surface area contributed by atoms with Crippen LogP contribution in [0.15, 0.2) is 24.3 Å². The normalized spacial score (nSPS) is 24.6. The van der Waals surface area contributed by atoms with Gasteiger partial charge in [0.15, 0.2) is 0 Å². The standard InChI is InChI=1S/C20H25F3NO3S/c21-20(22,23)28-24(26)18-7-4-14(5-8-18)13-27-19(25)9-6-17-11-15-2-1-3-16(10-15)12-17/h4-5,7-8,15-17H,1-3,6,9-13H2/q-1. The highest BCUT2D eigenvalue weighted by molar-refractivity contribution is 8.01. The van der Waals surface area contributed by atoms with Gasteiger partial charge in [-0.25, -0.2) is 0 Å². The second-order valence-electron chi connectivity index (χ2n) is 7.90. The lowest BCUT2D eigenvalue weighted by molar-refractivity contribution is -0.145. The Labute approximate surface area is 167 Å². The number of ether oxygens (including phenoxy) is 1. The molecule has 2 unspecified atom stereocenters. The Morgan fingerprint density at radius 2 is 1.79 bits per heavy atom. The van der Waals surface area contributed by atoms with Gasteiger partial charge in [0.2, 0.25) is 0 Å². The molecule has 0 radical (unpaired) electrons. The summed E-state index contributed by atoms with van der Waals surface area (Å²) < 4.78 is 41.7. The Morgan fingerprint density at radius 3 is 2.39 bits per heavy atom. The minimum atomic E-state index is -4.63. The van der Waals surface area contributed by atoms with Crippen molar-refractivity contribution < 1.29 is 22.7 Å². The van der Waals surface area contributed by atoms with Gasteiger partial charge in [-0.1, -0.05) is 31.4 Å². The van der Waals surface area contributed by atoms with E-state index in [0.717, 1.165) is 18.3 Å². The van der Waals surface area contributed by atoms with Crippen molar-refractivity contribution in [3.05, 3.63) is 35.0 Å². The lowest BCUT2D eigenvalue weighted by Gasteiger charge is -2.39. The molecule has 156 valence electrons. The van der Waals surface area contributed by atoms with Gasteiger partial charge < -0.3 is 14.4 Å². The van der Waals surface area contributed by atoms with Crippen LogP contribution in [0.2, 0.25) is 0 Å². The second kappa shape index (κ2) is 9.39. The maximum atomic E-state index is 12.2. The van der Waals surface area contributed by atoms with E-state index in [1.807, 2.05) is 0 Å². The van der Waals surface area contributed by atoms with E-state index in [0.29, 0.717) is 17.9 Å². The van der Waals surface area contributed by atoms with E-state index in [2.05, 4.69) is 0 Å². The largest absolute Gasteiger partial charge is 0.748 e. The van der Waals surface area contributed by atoms with Crippen molar-refractivity contribution in [2.75, 3.05) is 4.47 Å². The number of fused-ring (bicyclic) bond motifs is 2. The van der Waals surface area contributed by atoms with Gasteiger partial charge in [0, 0.05) is 12.1 Å². The molecule has 2 fully saturated rings. The fraction of sp³-hybridized carbons (Fsp3) is 0.650. The molecule has 3 rings (SSSR count). The topological polar surface area (TPSA) is 52.6 Å². The molecule has 1 aromatic rings. The number of alkyl halides is 3. The van der Waals surface area contributed by atoms with Crippen molar-refractivity contribution in [1.82, 2.24) is 0 Å². The number of hydrogen-bond acceptors (Lipinski definition) is 5. The Bertz CT molecular complexity index is 641. The van der Waals surface area contributed by atoms with Gasteiger partial charge in [0.1, 0.15) is 6.61 Å². The van der Waals surface area contributed by atoms with Crippen LogP contribution in [0.5, 0.6) is 0 Å². The molecule has 2 atom stereocenters. The van der Waals surface area contributed by atoms with Crippen LogP contribution in [0, 0.1) is 23.0 Å². The zero-order valence-electron chi connectivity index (χ0n) is 15.6. The number of esters is 1. The van der Waals surface area contributed by atoms with E-state index in [9.17, 15) is 23.2 Å². The number of nitrogens with zero attached hydrogens (tertiary/aromatic N) is 1. The molecule has 1 aromatic carbocycles. The minimum absolute atomic E-state index is 0.0559. The highest BCUT2D eigenvalue weighted by atomic mass is 32.2. The second-order valence-corrected chi connectivity index (χ2v) is 8.87. The van der Waals surface area contributed by atoms with Gasteiger partial charge in [-0.15, -0.1) is 0 Å². The van der Waals surface area contributed by atoms with Crippen LogP contribution in [0.1, 0.15) is 56.9 Å². The van der Waals surface area contributed by atoms with E-state index in [4.69, 9.17) is 4.74 Å². The van der Waals surface area contributed by atoms with Crippen molar-refractivity contribution in [3.63, 3.8) is 0 Å². The van der Waals surface area contributed by atoms with Gasteiger partial charge in [-0.3, -0.25) is 4.79 Å². The third kappa shape index (κ3) is 6.58. The molecular weight excluding hydrogens is 391 g/mol. The van der Waals surface area contributed by atoms with Crippen LogP contribution in [0.4, 0.5) is 18.9 Å². The van der Waals surface area contributed by atoms with Gasteiger partial charge >= 0.3 is 11.5 Å². The monoisotopic (exact) mass is 416 g/mol. The number of rotatable bonds is 7. The van der Waals surface area contributed by atoms with Gasteiger partial charge in [-0.2, -0.15) is 13.2 Å². The Balaban J connectivity index is 1.38. The van der Waals surface area contributed by atoms with E-state index >= 15 is 0 Å². The van der Waals surface area contributed by atoms with E-state index in [-0.39, 0.29) is 22.7 Å². The lowest BCUT2D eigenvalue weighted by atomic mass is 9.67. The average Bonchev–Trinajstić information content (AvgIpc) is 2.63. The van der Waals surface area contributed by atoms with E-state index in [1.54, 1.807) is 0 Å². The maximum absolute atomic E-state index is 12.2. The maximum Gasteiger partial charge on any atom is 0.460 e. The summed E-state index contributed by atoms with van der Waals surface area (Å²) in [7, 11) is 0. The quantitative estimate of drug-likeness (QED) is 0.301. The summed E-state index contributed by atoms with van der Waals surface area (Å²) in [5.41, 5.74) is -4.11. The van der Waals surface area contributed by atoms with Crippen LogP contribution >= 0.6 is 11.9 Å². The molecule has 0 aromatic heterocycles. The molecule has 8 heteroatoms. The third-order valence-electron chi connectivity index (χ3n) is 5.71. The molecule has 4 nitrogen and oxygen atoms in total. The molecule has 0 saturated heterocycles. The molecule has 0 N–H and O–H groups in total. The molecule has 2 aliphatic carbocycles. The summed E-state index contributed by atoms with van der Waals surface area (Å²) >= 11 is -0.748.